The fourth-order valence-electron chi connectivity index (χ4n) is 5.45. The van der Waals surface area contributed by atoms with E-state index in [0.717, 1.165) is 57.8 Å². The first kappa shape index (κ1) is 29.1. The van der Waals surface area contributed by atoms with Crippen LogP contribution in [0.2, 0.25) is 0 Å². The highest BCUT2D eigenvalue weighted by atomic mass is 16.5. The summed E-state index contributed by atoms with van der Waals surface area (Å²) in [5.41, 5.74) is 0. The van der Waals surface area contributed by atoms with Gasteiger partial charge in [-0.25, -0.2) is 0 Å². The van der Waals surface area contributed by atoms with E-state index in [4.69, 9.17) is 9.73 Å². The zero-order valence-corrected chi connectivity index (χ0v) is 22.2. The van der Waals surface area contributed by atoms with E-state index in [-0.39, 0.29) is 24.1 Å². The Kier molecular flexibility index (Phi) is 14.4. The highest BCUT2D eigenvalue weighted by Gasteiger charge is 2.36. The third-order valence-corrected chi connectivity index (χ3v) is 7.51. The molecule has 3 rings (SSSR count). The lowest BCUT2D eigenvalue weighted by molar-refractivity contribution is -0.162. The molecule has 3 unspecified atom stereocenters. The molecule has 0 heterocycles. The molecule has 3 saturated carbocycles. The average molecular weight is 452 g/mol. The number of rotatable bonds is 5. The molecular formula is C28H53NO3. The zero-order valence-electron chi connectivity index (χ0n) is 22.2. The lowest BCUT2D eigenvalue weighted by atomic mass is 9.75. The van der Waals surface area contributed by atoms with Gasteiger partial charge in [0.1, 0.15) is 6.10 Å². The lowest BCUT2D eigenvalue weighted by Gasteiger charge is -2.37. The molecule has 32 heavy (non-hydrogen) atoms. The number of ether oxygens (including phenoxy) is 1. The molecule has 0 spiro atoms. The van der Waals surface area contributed by atoms with Gasteiger partial charge in [0, 0.05) is 12.3 Å². The van der Waals surface area contributed by atoms with Gasteiger partial charge in [-0.05, 0) is 87.9 Å². The Morgan fingerprint density at radius 1 is 0.906 bits per heavy atom. The standard InChI is InChI=1S/C24H41NO3.2C2H6/c1-16(2)22-13-4-17(3)14-23(22)28-24(27)19-7-9-20(10-8-19)25-15-18-5-11-21(26)12-6-18;2*1-2/h15-23,26H,4-14H2,1-3H3;2*1-2H3. The molecule has 0 bridgehead atoms. The Balaban J connectivity index is 0.00000121. The van der Waals surface area contributed by atoms with E-state index < -0.39 is 0 Å². The van der Waals surface area contributed by atoms with Gasteiger partial charge in [-0.3, -0.25) is 9.79 Å². The average Bonchev–Trinajstić information content (AvgIpc) is 2.81. The summed E-state index contributed by atoms with van der Waals surface area (Å²) >= 11 is 0. The maximum atomic E-state index is 12.8. The predicted octanol–water partition coefficient (Wildman–Crippen LogP) is 7.22. The predicted molar refractivity (Wildman–Crippen MR) is 136 cm³/mol. The molecule has 0 aliphatic heterocycles. The molecule has 0 aromatic heterocycles. The first-order valence-corrected chi connectivity index (χ1v) is 13.8. The minimum atomic E-state index is -0.103. The molecule has 0 saturated heterocycles. The van der Waals surface area contributed by atoms with E-state index in [0.29, 0.717) is 29.7 Å². The lowest BCUT2D eigenvalue weighted by Crippen LogP contribution is -2.38. The van der Waals surface area contributed by atoms with Gasteiger partial charge in [0.25, 0.3) is 0 Å². The van der Waals surface area contributed by atoms with Crippen molar-refractivity contribution in [3.63, 3.8) is 0 Å². The van der Waals surface area contributed by atoms with Crippen LogP contribution in [-0.2, 0) is 9.53 Å². The molecule has 3 aliphatic rings. The monoisotopic (exact) mass is 451 g/mol. The smallest absolute Gasteiger partial charge is 0.309 e. The second-order valence-electron chi connectivity index (χ2n) is 10.2. The molecular weight excluding hydrogens is 398 g/mol. The third kappa shape index (κ3) is 9.53. The van der Waals surface area contributed by atoms with Crippen molar-refractivity contribution >= 4 is 12.2 Å². The number of hydrogen-bond acceptors (Lipinski definition) is 4. The van der Waals surface area contributed by atoms with Crippen molar-refractivity contribution in [3.05, 3.63) is 0 Å². The van der Waals surface area contributed by atoms with E-state index in [9.17, 15) is 9.90 Å². The highest BCUT2D eigenvalue weighted by Crippen LogP contribution is 2.37. The molecule has 188 valence electrons. The first-order chi connectivity index (χ1) is 15.4. The Labute approximate surface area is 199 Å². The summed E-state index contributed by atoms with van der Waals surface area (Å²) in [6.45, 7) is 14.8. The number of nitrogens with zero attached hydrogens (tertiary/aromatic N) is 1. The Morgan fingerprint density at radius 3 is 2.06 bits per heavy atom. The fourth-order valence-corrected chi connectivity index (χ4v) is 5.45. The summed E-state index contributed by atoms with van der Waals surface area (Å²) in [7, 11) is 0. The van der Waals surface area contributed by atoms with Crippen LogP contribution in [0.4, 0.5) is 0 Å². The molecule has 0 aromatic carbocycles. The van der Waals surface area contributed by atoms with Crippen molar-refractivity contribution in [2.45, 2.75) is 137 Å². The molecule has 3 atom stereocenters. The van der Waals surface area contributed by atoms with Crippen molar-refractivity contribution in [1.82, 2.24) is 0 Å². The van der Waals surface area contributed by atoms with Gasteiger partial charge in [0.2, 0.25) is 0 Å². The van der Waals surface area contributed by atoms with Crippen LogP contribution in [-0.4, -0.2) is 35.5 Å². The van der Waals surface area contributed by atoms with Gasteiger partial charge in [0.05, 0.1) is 12.0 Å². The van der Waals surface area contributed by atoms with Crippen molar-refractivity contribution in [2.75, 3.05) is 0 Å². The molecule has 3 fully saturated rings. The molecule has 3 aliphatic carbocycles. The fraction of sp³-hybridized carbons (Fsp3) is 0.929. The van der Waals surface area contributed by atoms with E-state index in [2.05, 4.69) is 27.0 Å². The van der Waals surface area contributed by atoms with Crippen molar-refractivity contribution in [3.8, 4) is 0 Å². The van der Waals surface area contributed by atoms with Crippen LogP contribution in [0, 0.1) is 29.6 Å². The number of carbonyl (C=O) groups excluding carboxylic acids is 1. The number of aliphatic hydroxyl groups is 1. The Bertz CT molecular complexity index is 517. The van der Waals surface area contributed by atoms with Gasteiger partial charge < -0.3 is 9.84 Å². The van der Waals surface area contributed by atoms with Crippen LogP contribution in [0.3, 0.4) is 0 Å². The van der Waals surface area contributed by atoms with Crippen molar-refractivity contribution in [2.24, 2.45) is 34.6 Å². The highest BCUT2D eigenvalue weighted by molar-refractivity contribution is 5.72. The summed E-state index contributed by atoms with van der Waals surface area (Å²) in [6, 6.07) is 0.369. The Hall–Kier alpha value is -0.900. The van der Waals surface area contributed by atoms with E-state index in [1.54, 1.807) is 0 Å². The zero-order chi connectivity index (χ0) is 24.1. The number of aliphatic imine (C=N–C) groups is 1. The Morgan fingerprint density at radius 2 is 1.50 bits per heavy atom. The van der Waals surface area contributed by atoms with Crippen LogP contribution < -0.4 is 0 Å². The minimum absolute atomic E-state index is 0.0495. The van der Waals surface area contributed by atoms with Crippen LogP contribution in [0.15, 0.2) is 4.99 Å². The van der Waals surface area contributed by atoms with Gasteiger partial charge in [-0.1, -0.05) is 54.9 Å². The SMILES string of the molecule is CC.CC.CC1CCC(C(C)C)C(OC(=O)C2CCC(N=CC3CCC(O)CC3)CC2)C1. The molecule has 4 nitrogen and oxygen atoms in total. The molecule has 0 radical (unpaired) electrons. The second kappa shape index (κ2) is 15.9. The van der Waals surface area contributed by atoms with Crippen LogP contribution >= 0.6 is 0 Å². The molecule has 0 amide bonds. The van der Waals surface area contributed by atoms with Gasteiger partial charge in [-0.2, -0.15) is 0 Å². The summed E-state index contributed by atoms with van der Waals surface area (Å²) < 4.78 is 6.07. The summed E-state index contributed by atoms with van der Waals surface area (Å²) in [5.74, 6) is 2.42. The normalized spacial score (nSPS) is 35.3. The third-order valence-electron chi connectivity index (χ3n) is 7.51. The quantitative estimate of drug-likeness (QED) is 0.354. The van der Waals surface area contributed by atoms with E-state index >= 15 is 0 Å². The summed E-state index contributed by atoms with van der Waals surface area (Å²) in [5, 5.41) is 9.62. The number of esters is 1. The second-order valence-corrected chi connectivity index (χ2v) is 10.2. The maximum absolute atomic E-state index is 12.8. The van der Waals surface area contributed by atoms with Gasteiger partial charge in [-0.15, -0.1) is 0 Å². The molecule has 4 heteroatoms. The van der Waals surface area contributed by atoms with Crippen LogP contribution in [0.25, 0.3) is 0 Å². The first-order valence-electron chi connectivity index (χ1n) is 13.8. The molecule has 0 aromatic rings. The molecule has 1 N–H and O–H groups in total. The largest absolute Gasteiger partial charge is 0.462 e. The maximum Gasteiger partial charge on any atom is 0.309 e. The van der Waals surface area contributed by atoms with Crippen LogP contribution in [0.5, 0.6) is 0 Å². The topological polar surface area (TPSA) is 58.9 Å². The van der Waals surface area contributed by atoms with Crippen molar-refractivity contribution < 1.29 is 14.6 Å². The number of aliphatic hydroxyl groups excluding tert-OH is 1. The number of hydrogen-bond donors (Lipinski definition) is 1. The number of carbonyl (C=O) groups is 1. The minimum Gasteiger partial charge on any atom is -0.462 e. The van der Waals surface area contributed by atoms with Gasteiger partial charge in [0.15, 0.2) is 0 Å². The van der Waals surface area contributed by atoms with Crippen molar-refractivity contribution in [1.29, 1.82) is 0 Å². The van der Waals surface area contributed by atoms with E-state index in [1.165, 1.54) is 12.8 Å². The van der Waals surface area contributed by atoms with Crippen LogP contribution in [0.1, 0.15) is 119 Å². The van der Waals surface area contributed by atoms with Gasteiger partial charge >= 0.3 is 5.97 Å². The summed E-state index contributed by atoms with van der Waals surface area (Å²) in [6.07, 6.45) is 13.4. The summed E-state index contributed by atoms with van der Waals surface area (Å²) in [4.78, 5) is 17.6. The van der Waals surface area contributed by atoms with E-state index in [1.807, 2.05) is 27.7 Å².